The number of para-hydroxylation sites is 1. The van der Waals surface area contributed by atoms with Crippen LogP contribution in [0.1, 0.15) is 32.8 Å². The number of benzene rings is 1. The first-order valence-corrected chi connectivity index (χ1v) is 9.90. The molecule has 23 heavy (non-hydrogen) atoms. The van der Waals surface area contributed by atoms with Gasteiger partial charge < -0.3 is 4.90 Å². The Morgan fingerprint density at radius 1 is 1.35 bits per heavy atom. The lowest BCUT2D eigenvalue weighted by Crippen LogP contribution is -2.40. The van der Waals surface area contributed by atoms with Crippen molar-refractivity contribution in [3.05, 3.63) is 29.8 Å². The highest BCUT2D eigenvalue weighted by atomic mass is 32.2. The summed E-state index contributed by atoms with van der Waals surface area (Å²) in [5.41, 5.74) is 2.13. The van der Waals surface area contributed by atoms with Gasteiger partial charge in [0.05, 0.1) is 6.26 Å². The zero-order chi connectivity index (χ0) is 17.2. The maximum Gasteiger partial charge on any atom is 0.228 e. The second-order valence-corrected chi connectivity index (χ2v) is 8.69. The summed E-state index contributed by atoms with van der Waals surface area (Å²) >= 11 is 0. The van der Waals surface area contributed by atoms with Gasteiger partial charge in [-0.2, -0.15) is 0 Å². The highest BCUT2D eigenvalue weighted by molar-refractivity contribution is 7.88. The fourth-order valence-electron chi connectivity index (χ4n) is 3.09. The fourth-order valence-corrected chi connectivity index (χ4v) is 4.08. The standard InChI is InChI=1S/C17H26N2O3S/c1-13(2)12-18(23(4,21)22)10-9-17(20)19-14(3)11-15-7-5-6-8-16(15)19/h5-8,13-14H,9-12H2,1-4H3. The van der Waals surface area contributed by atoms with E-state index in [9.17, 15) is 13.2 Å². The first kappa shape index (κ1) is 17.9. The quantitative estimate of drug-likeness (QED) is 0.799. The average molecular weight is 338 g/mol. The molecule has 6 heteroatoms. The molecule has 5 nitrogen and oxygen atoms in total. The van der Waals surface area contributed by atoms with Crippen molar-refractivity contribution in [2.24, 2.45) is 5.92 Å². The molecule has 0 bridgehead atoms. The molecule has 1 aliphatic rings. The average Bonchev–Trinajstić information content (AvgIpc) is 2.77. The van der Waals surface area contributed by atoms with Crippen molar-refractivity contribution >= 4 is 21.6 Å². The molecule has 1 unspecified atom stereocenters. The Morgan fingerprint density at radius 3 is 2.61 bits per heavy atom. The molecule has 2 rings (SSSR count). The van der Waals surface area contributed by atoms with Crippen LogP contribution in [0.25, 0.3) is 0 Å². The lowest BCUT2D eigenvalue weighted by atomic mass is 10.1. The van der Waals surface area contributed by atoms with E-state index >= 15 is 0 Å². The first-order valence-electron chi connectivity index (χ1n) is 8.05. The molecule has 1 aromatic carbocycles. The summed E-state index contributed by atoms with van der Waals surface area (Å²) in [6.07, 6.45) is 2.26. The zero-order valence-corrected chi connectivity index (χ0v) is 15.1. The lowest BCUT2D eigenvalue weighted by Gasteiger charge is -2.26. The van der Waals surface area contributed by atoms with Gasteiger partial charge in [0.25, 0.3) is 0 Å². The SMILES string of the molecule is CC(C)CN(CCC(=O)N1c2ccccc2CC1C)S(C)(=O)=O. The van der Waals surface area contributed by atoms with Gasteiger partial charge in [-0.1, -0.05) is 32.0 Å². The number of hydrogen-bond donors (Lipinski definition) is 0. The highest BCUT2D eigenvalue weighted by Crippen LogP contribution is 2.32. The van der Waals surface area contributed by atoms with Gasteiger partial charge >= 0.3 is 0 Å². The van der Waals surface area contributed by atoms with Crippen molar-refractivity contribution in [2.45, 2.75) is 39.7 Å². The van der Waals surface area contributed by atoms with Crippen molar-refractivity contribution < 1.29 is 13.2 Å². The third kappa shape index (κ3) is 4.32. The number of amides is 1. The number of sulfonamides is 1. The van der Waals surface area contributed by atoms with E-state index < -0.39 is 10.0 Å². The predicted octanol–water partition coefficient (Wildman–Crippen LogP) is 2.27. The molecule has 1 heterocycles. The van der Waals surface area contributed by atoms with Crippen LogP contribution in [0.5, 0.6) is 0 Å². The summed E-state index contributed by atoms with van der Waals surface area (Å²) in [5.74, 6) is 0.214. The maximum absolute atomic E-state index is 12.6. The van der Waals surface area contributed by atoms with Crippen LogP contribution in [0.15, 0.2) is 24.3 Å². The van der Waals surface area contributed by atoms with Crippen molar-refractivity contribution in [1.82, 2.24) is 4.31 Å². The summed E-state index contributed by atoms with van der Waals surface area (Å²) in [6.45, 7) is 6.65. The first-order chi connectivity index (χ1) is 10.7. The fraction of sp³-hybridized carbons (Fsp3) is 0.588. The molecule has 0 radical (unpaired) electrons. The normalized spacial score (nSPS) is 17.8. The molecule has 0 N–H and O–H groups in total. The van der Waals surface area contributed by atoms with Gasteiger partial charge in [0.15, 0.2) is 0 Å². The van der Waals surface area contributed by atoms with Crippen molar-refractivity contribution in [3.8, 4) is 0 Å². The Morgan fingerprint density at radius 2 is 2.00 bits per heavy atom. The molecule has 1 aromatic rings. The Kier molecular flexibility index (Phi) is 5.47. The molecular formula is C17H26N2O3S. The van der Waals surface area contributed by atoms with E-state index in [4.69, 9.17) is 0 Å². The number of rotatable bonds is 6. The van der Waals surface area contributed by atoms with Crippen molar-refractivity contribution in [3.63, 3.8) is 0 Å². The summed E-state index contributed by atoms with van der Waals surface area (Å²) in [6, 6.07) is 8.03. The Hall–Kier alpha value is -1.40. The van der Waals surface area contributed by atoms with E-state index in [0.29, 0.717) is 6.54 Å². The van der Waals surface area contributed by atoms with E-state index in [2.05, 4.69) is 0 Å². The van der Waals surface area contributed by atoms with Crippen LogP contribution < -0.4 is 4.90 Å². The molecule has 1 aliphatic heterocycles. The Bertz CT molecular complexity index is 670. The molecular weight excluding hydrogens is 312 g/mol. The minimum atomic E-state index is -3.29. The molecule has 0 saturated carbocycles. The second kappa shape index (κ2) is 7.01. The van der Waals surface area contributed by atoms with Crippen LogP contribution in [-0.2, 0) is 21.2 Å². The predicted molar refractivity (Wildman–Crippen MR) is 93.0 cm³/mol. The molecule has 0 saturated heterocycles. The summed E-state index contributed by atoms with van der Waals surface area (Å²) in [7, 11) is -3.29. The molecule has 0 spiro atoms. The Labute approximate surface area is 139 Å². The molecule has 128 valence electrons. The van der Waals surface area contributed by atoms with E-state index in [1.807, 2.05) is 49.9 Å². The number of carbonyl (C=O) groups excluding carboxylic acids is 1. The third-order valence-corrected chi connectivity index (χ3v) is 5.36. The van der Waals surface area contributed by atoms with Gasteiger partial charge in [-0.15, -0.1) is 0 Å². The molecule has 1 atom stereocenters. The molecule has 0 aliphatic carbocycles. The Balaban J connectivity index is 2.07. The van der Waals surface area contributed by atoms with Crippen LogP contribution in [0, 0.1) is 5.92 Å². The van der Waals surface area contributed by atoms with Gasteiger partial charge in [-0.25, -0.2) is 12.7 Å². The van der Waals surface area contributed by atoms with E-state index in [0.717, 1.165) is 12.1 Å². The van der Waals surface area contributed by atoms with E-state index in [1.165, 1.54) is 16.1 Å². The minimum absolute atomic E-state index is 0.0140. The zero-order valence-electron chi connectivity index (χ0n) is 14.3. The second-order valence-electron chi connectivity index (χ2n) is 6.71. The van der Waals surface area contributed by atoms with Gasteiger partial charge in [0.2, 0.25) is 15.9 Å². The monoisotopic (exact) mass is 338 g/mol. The number of nitrogens with zero attached hydrogens (tertiary/aromatic N) is 2. The van der Waals surface area contributed by atoms with Crippen LogP contribution in [0.4, 0.5) is 5.69 Å². The van der Waals surface area contributed by atoms with Gasteiger partial charge in [-0.05, 0) is 30.9 Å². The minimum Gasteiger partial charge on any atom is -0.309 e. The topological polar surface area (TPSA) is 57.7 Å². The number of anilines is 1. The van der Waals surface area contributed by atoms with Crippen molar-refractivity contribution in [1.29, 1.82) is 0 Å². The summed E-state index contributed by atoms with van der Waals surface area (Å²) < 4.78 is 25.1. The smallest absolute Gasteiger partial charge is 0.228 e. The number of carbonyl (C=O) groups is 1. The van der Waals surface area contributed by atoms with E-state index in [1.54, 1.807) is 0 Å². The maximum atomic E-state index is 12.6. The van der Waals surface area contributed by atoms with Crippen molar-refractivity contribution in [2.75, 3.05) is 24.2 Å². The molecule has 1 amide bonds. The number of hydrogen-bond acceptors (Lipinski definition) is 3. The summed E-state index contributed by atoms with van der Waals surface area (Å²) in [5, 5.41) is 0. The largest absolute Gasteiger partial charge is 0.309 e. The lowest BCUT2D eigenvalue weighted by molar-refractivity contribution is -0.119. The van der Waals surface area contributed by atoms with Crippen LogP contribution in [-0.4, -0.2) is 44.0 Å². The third-order valence-electron chi connectivity index (χ3n) is 4.09. The molecule has 0 aromatic heterocycles. The van der Waals surface area contributed by atoms with Gasteiger partial charge in [0, 0.05) is 31.2 Å². The van der Waals surface area contributed by atoms with Crippen LogP contribution in [0.3, 0.4) is 0 Å². The van der Waals surface area contributed by atoms with E-state index in [-0.39, 0.29) is 30.8 Å². The van der Waals surface area contributed by atoms with Crippen LogP contribution in [0.2, 0.25) is 0 Å². The number of fused-ring (bicyclic) bond motifs is 1. The summed E-state index contributed by atoms with van der Waals surface area (Å²) in [4.78, 5) is 14.5. The molecule has 0 fully saturated rings. The highest BCUT2D eigenvalue weighted by Gasteiger charge is 2.31. The van der Waals surface area contributed by atoms with Crippen LogP contribution >= 0.6 is 0 Å². The van der Waals surface area contributed by atoms with Gasteiger partial charge in [0.1, 0.15) is 0 Å². The van der Waals surface area contributed by atoms with Gasteiger partial charge in [-0.3, -0.25) is 4.79 Å².